The number of halogens is 1. The van der Waals surface area contributed by atoms with Gasteiger partial charge in [0.05, 0.1) is 5.69 Å². The fraction of sp³-hybridized carbons (Fsp3) is 0.130. The molecule has 0 heterocycles. The predicted octanol–water partition coefficient (Wildman–Crippen LogP) is 4.94. The lowest BCUT2D eigenvalue weighted by Crippen LogP contribution is -2.17. The molecule has 0 aliphatic carbocycles. The standard InChI is InChI=1S/C23H21FN2O2/c1-16(27)25-22-14-19(12-13-21(22)24)26-23(28)15-20(17-8-4-2-5-9-17)18-10-6-3-7-11-18/h2-14,20H,15H2,1H3,(H,25,27)(H,26,28). The molecule has 142 valence electrons. The third kappa shape index (κ3) is 5.04. The predicted molar refractivity (Wildman–Crippen MR) is 109 cm³/mol. The van der Waals surface area contributed by atoms with Crippen LogP contribution < -0.4 is 10.6 Å². The molecule has 0 radical (unpaired) electrons. The molecule has 2 amide bonds. The summed E-state index contributed by atoms with van der Waals surface area (Å²) in [5, 5.41) is 5.21. The maximum absolute atomic E-state index is 13.8. The Morgan fingerprint density at radius 2 is 1.43 bits per heavy atom. The Hall–Kier alpha value is -3.47. The van der Waals surface area contributed by atoms with Crippen LogP contribution in [0.4, 0.5) is 15.8 Å². The van der Waals surface area contributed by atoms with Gasteiger partial charge >= 0.3 is 0 Å². The molecule has 0 atom stereocenters. The minimum Gasteiger partial charge on any atom is -0.326 e. The molecule has 0 aromatic heterocycles. The summed E-state index contributed by atoms with van der Waals surface area (Å²) >= 11 is 0. The molecule has 0 bridgehead atoms. The van der Waals surface area contributed by atoms with Crippen molar-refractivity contribution in [2.75, 3.05) is 10.6 Å². The van der Waals surface area contributed by atoms with Crippen molar-refractivity contribution >= 4 is 23.2 Å². The zero-order chi connectivity index (χ0) is 19.9. The Morgan fingerprint density at radius 1 is 0.857 bits per heavy atom. The number of carbonyl (C=O) groups is 2. The Morgan fingerprint density at radius 3 is 1.96 bits per heavy atom. The van der Waals surface area contributed by atoms with Crippen LogP contribution in [0.25, 0.3) is 0 Å². The molecule has 0 fully saturated rings. The molecule has 0 aliphatic rings. The van der Waals surface area contributed by atoms with Gasteiger partial charge in [-0.25, -0.2) is 4.39 Å². The van der Waals surface area contributed by atoms with Gasteiger partial charge < -0.3 is 10.6 Å². The average Bonchev–Trinajstić information content (AvgIpc) is 2.70. The van der Waals surface area contributed by atoms with E-state index in [0.29, 0.717) is 5.69 Å². The maximum atomic E-state index is 13.8. The van der Waals surface area contributed by atoms with Crippen molar-refractivity contribution < 1.29 is 14.0 Å². The molecule has 4 nitrogen and oxygen atoms in total. The van der Waals surface area contributed by atoms with Gasteiger partial charge in [0.25, 0.3) is 0 Å². The Bertz CT molecular complexity index is 919. The van der Waals surface area contributed by atoms with E-state index in [2.05, 4.69) is 10.6 Å². The number of nitrogens with one attached hydrogen (secondary N) is 2. The minimum absolute atomic E-state index is 0.0352. The van der Waals surface area contributed by atoms with Gasteiger partial charge in [-0.15, -0.1) is 0 Å². The number of rotatable bonds is 6. The highest BCUT2D eigenvalue weighted by Gasteiger charge is 2.18. The number of anilines is 2. The molecule has 3 aromatic rings. The van der Waals surface area contributed by atoms with Gasteiger partial charge in [0.15, 0.2) is 0 Å². The van der Waals surface area contributed by atoms with E-state index in [9.17, 15) is 14.0 Å². The first-order valence-electron chi connectivity index (χ1n) is 9.00. The molecule has 2 N–H and O–H groups in total. The molecule has 0 unspecified atom stereocenters. The zero-order valence-corrected chi connectivity index (χ0v) is 15.5. The van der Waals surface area contributed by atoms with Gasteiger partial charge in [-0.05, 0) is 29.3 Å². The lowest BCUT2D eigenvalue weighted by molar-refractivity contribution is -0.116. The molecule has 0 saturated carbocycles. The van der Waals surface area contributed by atoms with E-state index >= 15 is 0 Å². The zero-order valence-electron chi connectivity index (χ0n) is 15.5. The van der Waals surface area contributed by atoms with Gasteiger partial charge in [-0.3, -0.25) is 9.59 Å². The van der Waals surface area contributed by atoms with Crippen molar-refractivity contribution in [3.63, 3.8) is 0 Å². The number of carbonyl (C=O) groups excluding carboxylic acids is 2. The quantitative estimate of drug-likeness (QED) is 0.640. The lowest BCUT2D eigenvalue weighted by atomic mass is 9.88. The van der Waals surface area contributed by atoms with Crippen LogP contribution in [0.2, 0.25) is 0 Å². The lowest BCUT2D eigenvalue weighted by Gasteiger charge is -2.18. The van der Waals surface area contributed by atoms with Crippen molar-refractivity contribution in [2.24, 2.45) is 0 Å². The first-order valence-corrected chi connectivity index (χ1v) is 9.00. The second-order valence-corrected chi connectivity index (χ2v) is 6.50. The number of benzene rings is 3. The highest BCUT2D eigenvalue weighted by molar-refractivity contribution is 5.94. The summed E-state index contributed by atoms with van der Waals surface area (Å²) in [6.45, 7) is 1.30. The van der Waals surface area contributed by atoms with Gasteiger partial charge in [0.1, 0.15) is 5.82 Å². The summed E-state index contributed by atoms with van der Waals surface area (Å²) in [5.41, 5.74) is 2.55. The molecule has 28 heavy (non-hydrogen) atoms. The van der Waals surface area contributed by atoms with Gasteiger partial charge in [0, 0.05) is 24.9 Å². The Balaban J connectivity index is 1.79. The van der Waals surface area contributed by atoms with Gasteiger partial charge in [-0.2, -0.15) is 0 Å². The van der Waals surface area contributed by atoms with Crippen molar-refractivity contribution in [3.05, 3.63) is 95.8 Å². The number of hydrogen-bond acceptors (Lipinski definition) is 2. The third-order valence-corrected chi connectivity index (χ3v) is 4.35. The monoisotopic (exact) mass is 376 g/mol. The van der Waals surface area contributed by atoms with Crippen molar-refractivity contribution in [1.29, 1.82) is 0 Å². The summed E-state index contributed by atoms with van der Waals surface area (Å²) in [6, 6.07) is 23.8. The first-order chi connectivity index (χ1) is 13.5. The molecule has 0 saturated heterocycles. The summed E-state index contributed by atoms with van der Waals surface area (Å²) in [7, 11) is 0. The topological polar surface area (TPSA) is 58.2 Å². The smallest absolute Gasteiger partial charge is 0.225 e. The van der Waals surface area contributed by atoms with Crippen LogP contribution in [0.3, 0.4) is 0 Å². The maximum Gasteiger partial charge on any atom is 0.225 e. The van der Waals surface area contributed by atoms with E-state index in [1.807, 2.05) is 60.7 Å². The largest absolute Gasteiger partial charge is 0.326 e. The second-order valence-electron chi connectivity index (χ2n) is 6.50. The van der Waals surface area contributed by atoms with Crippen LogP contribution in [-0.2, 0) is 9.59 Å². The fourth-order valence-electron chi connectivity index (χ4n) is 3.08. The second kappa shape index (κ2) is 8.95. The van der Waals surface area contributed by atoms with Gasteiger partial charge in [-0.1, -0.05) is 60.7 Å². The molecule has 3 aromatic carbocycles. The van der Waals surface area contributed by atoms with E-state index < -0.39 is 5.82 Å². The van der Waals surface area contributed by atoms with Crippen LogP contribution in [0.1, 0.15) is 30.4 Å². The summed E-state index contributed by atoms with van der Waals surface area (Å²) in [5.74, 6) is -1.23. The van der Waals surface area contributed by atoms with E-state index in [4.69, 9.17) is 0 Å². The van der Waals surface area contributed by atoms with E-state index in [0.717, 1.165) is 11.1 Å². The fourth-order valence-corrected chi connectivity index (χ4v) is 3.08. The normalized spacial score (nSPS) is 10.5. The summed E-state index contributed by atoms with van der Waals surface area (Å²) in [6.07, 6.45) is 0.237. The third-order valence-electron chi connectivity index (χ3n) is 4.35. The van der Waals surface area contributed by atoms with Crippen molar-refractivity contribution in [3.8, 4) is 0 Å². The Kier molecular flexibility index (Phi) is 6.17. The van der Waals surface area contributed by atoms with Crippen LogP contribution >= 0.6 is 0 Å². The molecule has 3 rings (SSSR count). The minimum atomic E-state index is -0.556. The summed E-state index contributed by atoms with van der Waals surface area (Å²) in [4.78, 5) is 23.9. The first kappa shape index (κ1) is 19.3. The molecule has 0 spiro atoms. The van der Waals surface area contributed by atoms with Crippen LogP contribution in [0.5, 0.6) is 0 Å². The van der Waals surface area contributed by atoms with Crippen LogP contribution in [-0.4, -0.2) is 11.8 Å². The summed E-state index contributed by atoms with van der Waals surface area (Å²) < 4.78 is 13.8. The molecular weight excluding hydrogens is 355 g/mol. The van der Waals surface area contributed by atoms with Crippen LogP contribution in [0, 0.1) is 5.82 Å². The number of amides is 2. The van der Waals surface area contributed by atoms with E-state index in [1.54, 1.807) is 0 Å². The highest BCUT2D eigenvalue weighted by atomic mass is 19.1. The van der Waals surface area contributed by atoms with E-state index in [1.165, 1.54) is 25.1 Å². The highest BCUT2D eigenvalue weighted by Crippen LogP contribution is 2.28. The molecule has 0 aliphatic heterocycles. The van der Waals surface area contributed by atoms with Gasteiger partial charge in [0.2, 0.25) is 11.8 Å². The van der Waals surface area contributed by atoms with Crippen LogP contribution in [0.15, 0.2) is 78.9 Å². The van der Waals surface area contributed by atoms with E-state index in [-0.39, 0.29) is 29.8 Å². The SMILES string of the molecule is CC(=O)Nc1cc(NC(=O)CC(c2ccccc2)c2ccccc2)ccc1F. The number of hydrogen-bond donors (Lipinski definition) is 2. The van der Waals surface area contributed by atoms with Crippen molar-refractivity contribution in [1.82, 2.24) is 0 Å². The molecule has 5 heteroatoms. The van der Waals surface area contributed by atoms with Crippen molar-refractivity contribution in [2.45, 2.75) is 19.3 Å². The average molecular weight is 376 g/mol. The molecular formula is C23H21FN2O2. The Labute approximate surface area is 163 Å².